The Bertz CT molecular complexity index is 1940. The van der Waals surface area contributed by atoms with E-state index in [4.69, 9.17) is 14.6 Å². The lowest BCUT2D eigenvalue weighted by atomic mass is 10.1. The molecule has 13 heteroatoms. The lowest BCUT2D eigenvalue weighted by Crippen LogP contribution is -2.43. The number of carbonyl (C=O) groups is 1. The van der Waals surface area contributed by atoms with Gasteiger partial charge in [0, 0.05) is 66.5 Å². The van der Waals surface area contributed by atoms with Crippen molar-refractivity contribution in [3.05, 3.63) is 60.8 Å². The van der Waals surface area contributed by atoms with Gasteiger partial charge in [0.1, 0.15) is 18.4 Å². The van der Waals surface area contributed by atoms with Crippen LogP contribution in [0.3, 0.4) is 0 Å². The third-order valence-corrected chi connectivity index (χ3v) is 10.9. The molecule has 5 heterocycles. The summed E-state index contributed by atoms with van der Waals surface area (Å²) in [4.78, 5) is 16.5. The van der Waals surface area contributed by atoms with Crippen molar-refractivity contribution in [2.45, 2.75) is 87.5 Å². The summed E-state index contributed by atoms with van der Waals surface area (Å²) in [5.74, 6) is 0. The molecule has 1 fully saturated rings. The molecular formula is C34H42N8O3SSi. The first-order valence-corrected chi connectivity index (χ1v) is 20.5. The van der Waals surface area contributed by atoms with Crippen LogP contribution >= 0.6 is 11.8 Å². The fourth-order valence-corrected chi connectivity index (χ4v) is 7.64. The van der Waals surface area contributed by atoms with Crippen molar-refractivity contribution in [1.29, 1.82) is 5.26 Å². The summed E-state index contributed by atoms with van der Waals surface area (Å²) in [5.41, 5.74) is 3.57. The van der Waals surface area contributed by atoms with Crippen LogP contribution in [-0.2, 0) is 16.2 Å². The van der Waals surface area contributed by atoms with Crippen LogP contribution < -0.4 is 0 Å². The molecule has 0 N–H and O–H groups in total. The predicted octanol–water partition coefficient (Wildman–Crippen LogP) is 7.45. The normalized spacial score (nSPS) is 15.8. The number of pyridine rings is 1. The highest BCUT2D eigenvalue weighted by atomic mass is 32.2. The monoisotopic (exact) mass is 670 g/mol. The number of nitrogens with zero attached hydrogens (tertiary/aromatic N) is 8. The van der Waals surface area contributed by atoms with Crippen molar-refractivity contribution >= 4 is 42.3 Å². The van der Waals surface area contributed by atoms with E-state index in [0.717, 1.165) is 56.2 Å². The van der Waals surface area contributed by atoms with Crippen LogP contribution in [0.4, 0.5) is 4.79 Å². The van der Waals surface area contributed by atoms with Gasteiger partial charge in [0.25, 0.3) is 0 Å². The number of likely N-dealkylation sites (tertiary alicyclic amines) is 1. The lowest BCUT2D eigenvalue weighted by Gasteiger charge is -2.34. The number of aromatic nitrogens is 6. The highest BCUT2D eigenvalue weighted by Gasteiger charge is 2.29. The summed E-state index contributed by atoms with van der Waals surface area (Å²) in [7, 11) is -1.20. The molecule has 5 aromatic rings. The standard InChI is InChI=1S/C34H42N8O3SSi/c1-34(2,3)45-33(43)39-12-8-10-28(22-39)40-21-27(19-36-40)25-15-30(32-26(16-35)18-37-41(32)20-25)46-29-11-7-9-24-17-38-42(31(24)29)23-44-13-14-47(4,5)6/h7,9,11,15,17-21,28H,8,10,12-14,22-23H2,1-6H3/t28-/m0/s1. The first-order valence-electron chi connectivity index (χ1n) is 16.0. The van der Waals surface area contributed by atoms with Gasteiger partial charge < -0.3 is 14.4 Å². The van der Waals surface area contributed by atoms with Gasteiger partial charge in [-0.1, -0.05) is 43.5 Å². The molecule has 1 aromatic carbocycles. The van der Waals surface area contributed by atoms with E-state index in [-0.39, 0.29) is 12.1 Å². The van der Waals surface area contributed by atoms with Gasteiger partial charge >= 0.3 is 6.09 Å². The number of carbonyl (C=O) groups excluding carboxylic acids is 1. The van der Waals surface area contributed by atoms with Crippen LogP contribution in [0, 0.1) is 11.3 Å². The Morgan fingerprint density at radius 2 is 1.89 bits per heavy atom. The minimum Gasteiger partial charge on any atom is -0.444 e. The number of fused-ring (bicyclic) bond motifs is 2. The van der Waals surface area contributed by atoms with Gasteiger partial charge in [0.15, 0.2) is 0 Å². The second-order valence-electron chi connectivity index (χ2n) is 14.3. The molecule has 1 amide bonds. The Balaban J connectivity index is 1.29. The number of ether oxygens (including phenoxy) is 2. The number of para-hydroxylation sites is 1. The fraction of sp³-hybridized carbons (Fsp3) is 0.441. The van der Waals surface area contributed by atoms with Crippen LogP contribution in [0.2, 0.25) is 25.7 Å². The molecule has 6 rings (SSSR count). The minimum atomic E-state index is -1.20. The van der Waals surface area contributed by atoms with Crippen LogP contribution in [0.15, 0.2) is 65.0 Å². The molecule has 0 radical (unpaired) electrons. The molecule has 1 atom stereocenters. The summed E-state index contributed by atoms with van der Waals surface area (Å²) in [6.07, 6.45) is 10.8. The van der Waals surface area contributed by atoms with E-state index in [1.54, 1.807) is 27.4 Å². The maximum atomic E-state index is 12.8. The maximum Gasteiger partial charge on any atom is 0.410 e. The molecular weight excluding hydrogens is 629 g/mol. The second kappa shape index (κ2) is 13.2. The van der Waals surface area contributed by atoms with Crippen molar-refractivity contribution in [3.8, 4) is 17.2 Å². The molecule has 4 aromatic heterocycles. The van der Waals surface area contributed by atoms with E-state index < -0.39 is 13.7 Å². The lowest BCUT2D eigenvalue weighted by molar-refractivity contribution is 0.0167. The topological polar surface area (TPSA) is 116 Å². The first kappa shape index (κ1) is 32.8. The van der Waals surface area contributed by atoms with E-state index in [0.29, 0.717) is 32.0 Å². The molecule has 47 heavy (non-hydrogen) atoms. The third kappa shape index (κ3) is 7.56. The third-order valence-electron chi connectivity index (χ3n) is 8.11. The smallest absolute Gasteiger partial charge is 0.410 e. The molecule has 0 bridgehead atoms. The van der Waals surface area contributed by atoms with Crippen LogP contribution in [-0.4, -0.2) is 73.5 Å². The molecule has 0 aliphatic carbocycles. The number of piperidine rings is 1. The Morgan fingerprint density at radius 1 is 1.06 bits per heavy atom. The largest absolute Gasteiger partial charge is 0.444 e. The molecule has 1 saturated heterocycles. The van der Waals surface area contributed by atoms with Gasteiger partial charge in [-0.25, -0.2) is 14.0 Å². The van der Waals surface area contributed by atoms with Crippen molar-refractivity contribution in [1.82, 2.24) is 34.1 Å². The predicted molar refractivity (Wildman–Crippen MR) is 185 cm³/mol. The van der Waals surface area contributed by atoms with Gasteiger partial charge in [-0.2, -0.15) is 20.6 Å². The molecule has 0 unspecified atom stereocenters. The van der Waals surface area contributed by atoms with E-state index in [9.17, 15) is 10.1 Å². The van der Waals surface area contributed by atoms with E-state index in [2.05, 4.69) is 54.1 Å². The van der Waals surface area contributed by atoms with Crippen LogP contribution in [0.5, 0.6) is 0 Å². The highest BCUT2D eigenvalue weighted by Crippen LogP contribution is 2.39. The Kier molecular flexibility index (Phi) is 9.20. The number of nitriles is 1. The Hall–Kier alpha value is -4.12. The minimum absolute atomic E-state index is 0.0448. The summed E-state index contributed by atoms with van der Waals surface area (Å²) >= 11 is 1.59. The average molecular weight is 671 g/mol. The SMILES string of the molecule is CC(C)(C)OC(=O)N1CCC[C@H](n2cc(-c3cc(Sc4cccc5cnn(COCC[Si](C)(C)C)c45)c4c(C#N)cnn4c3)cn2)C1. The van der Waals surface area contributed by atoms with Gasteiger partial charge in [-0.15, -0.1) is 0 Å². The van der Waals surface area contributed by atoms with Crippen molar-refractivity contribution < 1.29 is 14.3 Å². The molecule has 246 valence electrons. The number of benzene rings is 1. The Morgan fingerprint density at radius 3 is 2.66 bits per heavy atom. The van der Waals surface area contributed by atoms with Gasteiger partial charge in [-0.05, 0) is 51.8 Å². The van der Waals surface area contributed by atoms with E-state index in [1.807, 2.05) is 61.0 Å². The van der Waals surface area contributed by atoms with Gasteiger partial charge in [0.05, 0.1) is 41.2 Å². The van der Waals surface area contributed by atoms with Crippen molar-refractivity contribution in [2.24, 2.45) is 0 Å². The van der Waals surface area contributed by atoms with Crippen LogP contribution in [0.1, 0.15) is 45.2 Å². The highest BCUT2D eigenvalue weighted by molar-refractivity contribution is 7.99. The zero-order valence-electron chi connectivity index (χ0n) is 27.9. The number of rotatable bonds is 9. The molecule has 1 aliphatic heterocycles. The maximum absolute atomic E-state index is 12.8. The first-order chi connectivity index (χ1) is 22.4. The fourth-order valence-electron chi connectivity index (χ4n) is 5.69. The number of hydrogen-bond acceptors (Lipinski definition) is 8. The van der Waals surface area contributed by atoms with Crippen molar-refractivity contribution in [3.63, 3.8) is 0 Å². The summed E-state index contributed by atoms with van der Waals surface area (Å²) < 4.78 is 17.3. The molecule has 0 spiro atoms. The quantitative estimate of drug-likeness (QED) is 0.117. The molecule has 1 aliphatic rings. The summed E-state index contributed by atoms with van der Waals surface area (Å²) in [6.45, 7) is 15.0. The molecule has 0 saturated carbocycles. The van der Waals surface area contributed by atoms with Gasteiger partial charge in [-0.3, -0.25) is 4.68 Å². The average Bonchev–Trinajstić information content (AvgIpc) is 3.77. The van der Waals surface area contributed by atoms with Crippen molar-refractivity contribution in [2.75, 3.05) is 19.7 Å². The Labute approximate surface area is 280 Å². The van der Waals surface area contributed by atoms with Crippen LogP contribution in [0.25, 0.3) is 27.5 Å². The summed E-state index contributed by atoms with van der Waals surface area (Å²) in [5, 5.41) is 24.9. The van der Waals surface area contributed by atoms with Gasteiger partial charge in [0.2, 0.25) is 0 Å². The second-order valence-corrected chi connectivity index (χ2v) is 21.0. The summed E-state index contributed by atoms with van der Waals surface area (Å²) in [6, 6.07) is 11.7. The number of amides is 1. The zero-order chi connectivity index (χ0) is 33.3. The number of hydrogen-bond donors (Lipinski definition) is 0. The zero-order valence-corrected chi connectivity index (χ0v) is 29.8. The van der Waals surface area contributed by atoms with E-state index in [1.165, 1.54) is 0 Å². The molecule has 11 nitrogen and oxygen atoms in total. The van der Waals surface area contributed by atoms with E-state index >= 15 is 0 Å².